The van der Waals surface area contributed by atoms with Crippen molar-refractivity contribution < 1.29 is 23.1 Å². The third-order valence-electron chi connectivity index (χ3n) is 5.23. The van der Waals surface area contributed by atoms with E-state index in [1.807, 2.05) is 0 Å². The maximum absolute atomic E-state index is 14.0. The molecule has 1 aromatic carbocycles. The molecule has 2 aliphatic rings. The van der Waals surface area contributed by atoms with E-state index in [9.17, 15) is 18.4 Å². The van der Waals surface area contributed by atoms with E-state index in [0.717, 1.165) is 34.8 Å². The van der Waals surface area contributed by atoms with Crippen LogP contribution in [-0.2, 0) is 9.53 Å². The first-order valence-corrected chi connectivity index (χ1v) is 10.0. The number of carbonyl (C=O) groups is 2. The van der Waals surface area contributed by atoms with Gasteiger partial charge in [-0.1, -0.05) is 6.07 Å². The molecular formula is C21H19F2NO3S. The van der Waals surface area contributed by atoms with Crippen molar-refractivity contribution in [2.45, 2.75) is 39.0 Å². The minimum absolute atomic E-state index is 0.00239. The first-order valence-electron chi connectivity index (χ1n) is 9.21. The highest BCUT2D eigenvalue weighted by Crippen LogP contribution is 2.50. The normalized spacial score (nSPS) is 18.4. The van der Waals surface area contributed by atoms with Crippen LogP contribution in [0.25, 0.3) is 0 Å². The number of fused-ring (bicyclic) bond motifs is 1. The number of esters is 1. The number of hydrogen-bond acceptors (Lipinski definition) is 5. The van der Waals surface area contributed by atoms with E-state index in [-0.39, 0.29) is 12.4 Å². The van der Waals surface area contributed by atoms with Crippen molar-refractivity contribution in [2.24, 2.45) is 0 Å². The van der Waals surface area contributed by atoms with Gasteiger partial charge in [-0.3, -0.25) is 4.79 Å². The van der Waals surface area contributed by atoms with E-state index < -0.39 is 23.5 Å². The molecule has 1 atom stereocenters. The lowest BCUT2D eigenvalue weighted by Crippen LogP contribution is -2.26. The van der Waals surface area contributed by atoms with Crippen molar-refractivity contribution in [1.82, 2.24) is 0 Å². The number of hydrogen-bond donors (Lipinski definition) is 1. The standard InChI is InChI=1S/C21H19F2NO3S/c1-3-27-21(26)19-10(2)16-17(11-7-8-12(22)13(23)9-11)18-14(24-20(16)28-19)5-4-6-15(18)25/h7-9,17,24H,3-6H2,1-2H3. The Kier molecular flexibility index (Phi) is 4.79. The molecular weight excluding hydrogens is 384 g/mol. The molecule has 4 rings (SSSR count). The van der Waals surface area contributed by atoms with E-state index in [4.69, 9.17) is 4.74 Å². The molecule has 1 aliphatic heterocycles. The molecule has 0 fully saturated rings. The third-order valence-corrected chi connectivity index (χ3v) is 6.43. The van der Waals surface area contributed by atoms with E-state index in [0.29, 0.717) is 34.4 Å². The highest BCUT2D eigenvalue weighted by atomic mass is 32.1. The Bertz CT molecular complexity index is 1020. The number of thiophene rings is 1. The summed E-state index contributed by atoms with van der Waals surface area (Å²) in [4.78, 5) is 25.6. The van der Waals surface area contributed by atoms with Gasteiger partial charge < -0.3 is 10.1 Å². The monoisotopic (exact) mass is 403 g/mol. The first-order chi connectivity index (χ1) is 13.4. The van der Waals surface area contributed by atoms with Crippen LogP contribution in [0.1, 0.15) is 58.5 Å². The number of halogens is 2. The number of ether oxygens (including phenoxy) is 1. The SMILES string of the molecule is CCOC(=O)c1sc2c(c1C)C(c1ccc(F)c(F)c1)C1=C(CCCC1=O)N2. The fraction of sp³-hybridized carbons (Fsp3) is 0.333. The fourth-order valence-corrected chi connectivity index (χ4v) is 5.16. The summed E-state index contributed by atoms with van der Waals surface area (Å²) in [7, 11) is 0. The molecule has 28 heavy (non-hydrogen) atoms. The molecule has 0 saturated carbocycles. The number of benzene rings is 1. The number of carbonyl (C=O) groups excluding carboxylic acids is 2. The van der Waals surface area contributed by atoms with Crippen LogP contribution in [0.5, 0.6) is 0 Å². The molecule has 1 aromatic heterocycles. The van der Waals surface area contributed by atoms with Crippen molar-refractivity contribution in [1.29, 1.82) is 0 Å². The minimum Gasteiger partial charge on any atom is -0.462 e. The maximum atomic E-state index is 14.0. The summed E-state index contributed by atoms with van der Waals surface area (Å²) in [6.07, 6.45) is 1.86. The van der Waals surface area contributed by atoms with Gasteiger partial charge in [-0.25, -0.2) is 13.6 Å². The second-order valence-electron chi connectivity index (χ2n) is 6.92. The van der Waals surface area contributed by atoms with Crippen LogP contribution in [0.15, 0.2) is 29.5 Å². The lowest BCUT2D eigenvalue weighted by Gasteiger charge is -2.32. The largest absolute Gasteiger partial charge is 0.462 e. The minimum atomic E-state index is -0.957. The summed E-state index contributed by atoms with van der Waals surface area (Å²) < 4.78 is 32.7. The van der Waals surface area contributed by atoms with Gasteiger partial charge >= 0.3 is 5.97 Å². The topological polar surface area (TPSA) is 55.4 Å². The summed E-state index contributed by atoms with van der Waals surface area (Å²) in [6, 6.07) is 3.72. The van der Waals surface area contributed by atoms with Crippen molar-refractivity contribution in [2.75, 3.05) is 11.9 Å². The Balaban J connectivity index is 1.93. The lowest BCUT2D eigenvalue weighted by molar-refractivity contribution is -0.116. The highest BCUT2D eigenvalue weighted by molar-refractivity contribution is 7.18. The predicted molar refractivity (Wildman–Crippen MR) is 103 cm³/mol. The van der Waals surface area contributed by atoms with Gasteiger partial charge in [0.1, 0.15) is 4.88 Å². The molecule has 0 spiro atoms. The Morgan fingerprint density at radius 1 is 1.29 bits per heavy atom. The van der Waals surface area contributed by atoms with Crippen molar-refractivity contribution in [3.63, 3.8) is 0 Å². The fourth-order valence-electron chi connectivity index (χ4n) is 3.99. The molecule has 2 aromatic rings. The van der Waals surface area contributed by atoms with Gasteiger partial charge in [-0.2, -0.15) is 0 Å². The van der Waals surface area contributed by atoms with Crippen LogP contribution in [0.3, 0.4) is 0 Å². The van der Waals surface area contributed by atoms with E-state index >= 15 is 0 Å². The van der Waals surface area contributed by atoms with Gasteiger partial charge in [-0.05, 0) is 49.9 Å². The Labute approximate surface area is 165 Å². The van der Waals surface area contributed by atoms with Gasteiger partial charge in [0.2, 0.25) is 0 Å². The Morgan fingerprint density at radius 3 is 2.79 bits per heavy atom. The molecule has 4 nitrogen and oxygen atoms in total. The van der Waals surface area contributed by atoms with Crippen LogP contribution in [0.2, 0.25) is 0 Å². The predicted octanol–water partition coefficient (Wildman–Crippen LogP) is 5.08. The van der Waals surface area contributed by atoms with Crippen LogP contribution >= 0.6 is 11.3 Å². The molecule has 7 heteroatoms. The molecule has 1 aliphatic carbocycles. The molecule has 1 unspecified atom stereocenters. The van der Waals surface area contributed by atoms with E-state index in [1.54, 1.807) is 13.8 Å². The van der Waals surface area contributed by atoms with Gasteiger partial charge in [0.05, 0.1) is 11.6 Å². The molecule has 0 radical (unpaired) electrons. The summed E-state index contributed by atoms with van der Waals surface area (Å²) in [5.74, 6) is -2.85. The summed E-state index contributed by atoms with van der Waals surface area (Å²) >= 11 is 1.27. The zero-order chi connectivity index (χ0) is 20.0. The average Bonchev–Trinajstić information content (AvgIpc) is 2.99. The third kappa shape index (κ3) is 2.94. The molecule has 0 saturated heterocycles. The highest BCUT2D eigenvalue weighted by Gasteiger charge is 2.39. The van der Waals surface area contributed by atoms with E-state index in [1.165, 1.54) is 17.4 Å². The van der Waals surface area contributed by atoms with Gasteiger partial charge in [0, 0.05) is 29.2 Å². The number of rotatable bonds is 3. The number of Topliss-reactive ketones (excluding diaryl/α,β-unsaturated/α-hetero) is 1. The second kappa shape index (κ2) is 7.13. The van der Waals surface area contributed by atoms with Crippen molar-refractivity contribution in [3.05, 3.63) is 62.7 Å². The van der Waals surface area contributed by atoms with Crippen LogP contribution in [-0.4, -0.2) is 18.4 Å². The second-order valence-corrected chi connectivity index (χ2v) is 7.94. The smallest absolute Gasteiger partial charge is 0.348 e. The van der Waals surface area contributed by atoms with E-state index in [2.05, 4.69) is 5.32 Å². The molecule has 146 valence electrons. The molecule has 2 heterocycles. The number of allylic oxidation sites excluding steroid dienone is 2. The number of ketones is 1. The zero-order valence-corrected chi connectivity index (χ0v) is 16.3. The van der Waals surface area contributed by atoms with Crippen LogP contribution in [0.4, 0.5) is 13.8 Å². The lowest BCUT2D eigenvalue weighted by atomic mass is 9.75. The molecule has 0 bridgehead atoms. The maximum Gasteiger partial charge on any atom is 0.348 e. The van der Waals surface area contributed by atoms with Crippen molar-refractivity contribution >= 4 is 28.1 Å². The van der Waals surface area contributed by atoms with Gasteiger partial charge in [0.25, 0.3) is 0 Å². The summed E-state index contributed by atoms with van der Waals surface area (Å²) in [5.41, 5.74) is 3.34. The number of nitrogens with one attached hydrogen (secondary N) is 1. The molecule has 0 amide bonds. The number of anilines is 1. The van der Waals surface area contributed by atoms with Crippen LogP contribution < -0.4 is 5.32 Å². The summed E-state index contributed by atoms with van der Waals surface area (Å²) in [5, 5.41) is 4.07. The average molecular weight is 403 g/mol. The first kappa shape index (κ1) is 18.8. The Hall–Kier alpha value is -2.54. The van der Waals surface area contributed by atoms with Crippen LogP contribution in [0, 0.1) is 18.6 Å². The van der Waals surface area contributed by atoms with Gasteiger partial charge in [0.15, 0.2) is 17.4 Å². The molecule has 1 N–H and O–H groups in total. The van der Waals surface area contributed by atoms with Crippen molar-refractivity contribution in [3.8, 4) is 0 Å². The quantitative estimate of drug-likeness (QED) is 0.727. The Morgan fingerprint density at radius 2 is 2.07 bits per heavy atom. The summed E-state index contributed by atoms with van der Waals surface area (Å²) in [6.45, 7) is 3.80. The zero-order valence-electron chi connectivity index (χ0n) is 15.5. The van der Waals surface area contributed by atoms with Gasteiger partial charge in [-0.15, -0.1) is 11.3 Å².